The first-order valence-electron chi connectivity index (χ1n) is 5.98. The van der Waals surface area contributed by atoms with Gasteiger partial charge in [-0.25, -0.2) is 0 Å². The third kappa shape index (κ3) is 3.58. The summed E-state index contributed by atoms with van der Waals surface area (Å²) >= 11 is 0. The van der Waals surface area contributed by atoms with Crippen molar-refractivity contribution in [3.05, 3.63) is 12.7 Å². The minimum Gasteiger partial charge on any atom is -0.392 e. The maximum absolute atomic E-state index is 10.0. The lowest BCUT2D eigenvalue weighted by Gasteiger charge is -2.25. The summed E-state index contributed by atoms with van der Waals surface area (Å²) in [4.78, 5) is 0. The van der Waals surface area contributed by atoms with Gasteiger partial charge in [-0.2, -0.15) is 0 Å². The van der Waals surface area contributed by atoms with Crippen LogP contribution < -0.4 is 0 Å². The molecule has 1 saturated heterocycles. The highest BCUT2D eigenvalue weighted by atomic mass is 16.7. The van der Waals surface area contributed by atoms with Gasteiger partial charge in [0.1, 0.15) is 0 Å². The maximum atomic E-state index is 10.0. The molecule has 0 radical (unpaired) electrons. The van der Waals surface area contributed by atoms with E-state index in [2.05, 4.69) is 6.58 Å². The maximum Gasteiger partial charge on any atom is 0.163 e. The van der Waals surface area contributed by atoms with Crippen LogP contribution in [-0.4, -0.2) is 29.7 Å². The van der Waals surface area contributed by atoms with Crippen molar-refractivity contribution in [2.24, 2.45) is 11.8 Å². The van der Waals surface area contributed by atoms with Crippen LogP contribution in [0.2, 0.25) is 0 Å². The van der Waals surface area contributed by atoms with Crippen molar-refractivity contribution in [1.82, 2.24) is 0 Å². The highest BCUT2D eigenvalue weighted by Crippen LogP contribution is 2.28. The molecule has 0 aromatic heterocycles. The molecule has 1 aliphatic heterocycles. The molecule has 0 bridgehead atoms. The van der Waals surface area contributed by atoms with Gasteiger partial charge in [0.05, 0.1) is 18.8 Å². The van der Waals surface area contributed by atoms with Gasteiger partial charge in [0.25, 0.3) is 0 Å². The molecule has 1 fully saturated rings. The van der Waals surface area contributed by atoms with E-state index < -0.39 is 5.79 Å². The van der Waals surface area contributed by atoms with Crippen LogP contribution in [0.1, 0.15) is 34.1 Å². The number of rotatable bonds is 5. The van der Waals surface area contributed by atoms with E-state index in [1.165, 1.54) is 0 Å². The molecule has 0 aromatic carbocycles. The summed E-state index contributed by atoms with van der Waals surface area (Å²) in [6.45, 7) is 12.2. The first-order chi connectivity index (χ1) is 7.35. The van der Waals surface area contributed by atoms with Crippen LogP contribution in [0.15, 0.2) is 12.7 Å². The fraction of sp³-hybridized carbons (Fsp3) is 0.846. The monoisotopic (exact) mass is 228 g/mol. The van der Waals surface area contributed by atoms with E-state index in [1.54, 1.807) is 6.08 Å². The molecule has 94 valence electrons. The lowest BCUT2D eigenvalue weighted by Crippen LogP contribution is -2.29. The SMILES string of the molecule is C=CC(C)C(O)C(C)CC1COC(C)(C)O1. The first-order valence-corrected chi connectivity index (χ1v) is 5.98. The standard InChI is InChI=1S/C13H24O3/c1-6-9(2)12(14)10(3)7-11-8-15-13(4,5)16-11/h6,9-12,14H,1,7-8H2,2-5H3. The van der Waals surface area contributed by atoms with Crippen LogP contribution >= 0.6 is 0 Å². The lowest BCUT2D eigenvalue weighted by molar-refractivity contribution is -0.141. The molecule has 0 aliphatic carbocycles. The summed E-state index contributed by atoms with van der Waals surface area (Å²) in [5.74, 6) is -0.166. The van der Waals surface area contributed by atoms with Crippen LogP contribution in [0, 0.1) is 11.8 Å². The largest absolute Gasteiger partial charge is 0.392 e. The summed E-state index contributed by atoms with van der Waals surface area (Å²) in [7, 11) is 0. The normalized spacial score (nSPS) is 29.7. The number of hydrogen-bond donors (Lipinski definition) is 1. The molecular weight excluding hydrogens is 204 g/mol. The molecule has 16 heavy (non-hydrogen) atoms. The van der Waals surface area contributed by atoms with Crippen LogP contribution in [0.5, 0.6) is 0 Å². The molecule has 0 aromatic rings. The summed E-state index contributed by atoms with van der Waals surface area (Å²) in [5, 5.41) is 10.0. The molecule has 0 spiro atoms. The second-order valence-corrected chi connectivity index (χ2v) is 5.25. The average Bonchev–Trinajstić information content (AvgIpc) is 2.55. The van der Waals surface area contributed by atoms with Crippen molar-refractivity contribution in [1.29, 1.82) is 0 Å². The van der Waals surface area contributed by atoms with E-state index in [4.69, 9.17) is 9.47 Å². The third-order valence-electron chi connectivity index (χ3n) is 3.20. The Kier molecular flexibility index (Phi) is 4.53. The molecule has 4 unspecified atom stereocenters. The van der Waals surface area contributed by atoms with Gasteiger partial charge >= 0.3 is 0 Å². The van der Waals surface area contributed by atoms with Gasteiger partial charge < -0.3 is 14.6 Å². The molecular formula is C13H24O3. The number of aliphatic hydroxyl groups excluding tert-OH is 1. The Labute approximate surface area is 98.4 Å². The Bertz CT molecular complexity index is 237. The van der Waals surface area contributed by atoms with Crippen molar-refractivity contribution < 1.29 is 14.6 Å². The van der Waals surface area contributed by atoms with E-state index >= 15 is 0 Å². The summed E-state index contributed by atoms with van der Waals surface area (Å²) in [6.07, 6.45) is 2.35. The number of ether oxygens (including phenoxy) is 2. The molecule has 3 heteroatoms. The Balaban J connectivity index is 2.40. The molecule has 0 saturated carbocycles. The highest BCUT2D eigenvalue weighted by Gasteiger charge is 2.34. The fourth-order valence-corrected chi connectivity index (χ4v) is 2.09. The summed E-state index contributed by atoms with van der Waals surface area (Å²) in [6, 6.07) is 0. The van der Waals surface area contributed by atoms with Crippen molar-refractivity contribution in [3.8, 4) is 0 Å². The van der Waals surface area contributed by atoms with E-state index in [9.17, 15) is 5.11 Å². The van der Waals surface area contributed by atoms with Crippen molar-refractivity contribution in [2.75, 3.05) is 6.61 Å². The quantitative estimate of drug-likeness (QED) is 0.734. The van der Waals surface area contributed by atoms with Crippen molar-refractivity contribution in [3.63, 3.8) is 0 Å². The zero-order valence-corrected chi connectivity index (χ0v) is 10.8. The third-order valence-corrected chi connectivity index (χ3v) is 3.20. The van der Waals surface area contributed by atoms with Gasteiger partial charge in [-0.15, -0.1) is 6.58 Å². The zero-order chi connectivity index (χ0) is 12.3. The van der Waals surface area contributed by atoms with E-state index in [0.29, 0.717) is 6.61 Å². The Hall–Kier alpha value is -0.380. The molecule has 3 nitrogen and oxygen atoms in total. The minimum absolute atomic E-state index is 0.0941. The van der Waals surface area contributed by atoms with Gasteiger partial charge in [0, 0.05) is 0 Å². The van der Waals surface area contributed by atoms with E-state index in [-0.39, 0.29) is 24.0 Å². The van der Waals surface area contributed by atoms with Gasteiger partial charge in [0.15, 0.2) is 5.79 Å². The smallest absolute Gasteiger partial charge is 0.163 e. The fourth-order valence-electron chi connectivity index (χ4n) is 2.09. The van der Waals surface area contributed by atoms with E-state index in [0.717, 1.165) is 6.42 Å². The predicted octanol–water partition coefficient (Wildman–Crippen LogP) is 2.35. The van der Waals surface area contributed by atoms with Crippen molar-refractivity contribution in [2.45, 2.75) is 52.1 Å². The zero-order valence-electron chi connectivity index (χ0n) is 10.8. The molecule has 1 N–H and O–H groups in total. The number of hydrogen-bond acceptors (Lipinski definition) is 3. The van der Waals surface area contributed by atoms with Gasteiger partial charge in [-0.1, -0.05) is 19.9 Å². The average molecular weight is 228 g/mol. The molecule has 1 heterocycles. The molecule has 0 amide bonds. The Morgan fingerprint density at radius 2 is 2.12 bits per heavy atom. The number of aliphatic hydroxyl groups is 1. The summed E-state index contributed by atoms with van der Waals surface area (Å²) in [5.41, 5.74) is 0. The van der Waals surface area contributed by atoms with Gasteiger partial charge in [-0.3, -0.25) is 0 Å². The first kappa shape index (κ1) is 13.7. The summed E-state index contributed by atoms with van der Waals surface area (Å²) < 4.78 is 11.2. The van der Waals surface area contributed by atoms with Gasteiger partial charge in [0.2, 0.25) is 0 Å². The van der Waals surface area contributed by atoms with Crippen LogP contribution in [0.25, 0.3) is 0 Å². The van der Waals surface area contributed by atoms with E-state index in [1.807, 2.05) is 27.7 Å². The molecule has 1 rings (SSSR count). The van der Waals surface area contributed by atoms with Crippen LogP contribution in [0.4, 0.5) is 0 Å². The van der Waals surface area contributed by atoms with Crippen LogP contribution in [-0.2, 0) is 9.47 Å². The highest BCUT2D eigenvalue weighted by molar-refractivity contribution is 4.85. The minimum atomic E-state index is -0.473. The second kappa shape index (κ2) is 5.30. The Morgan fingerprint density at radius 3 is 2.56 bits per heavy atom. The van der Waals surface area contributed by atoms with Crippen LogP contribution in [0.3, 0.4) is 0 Å². The molecule has 1 aliphatic rings. The predicted molar refractivity (Wildman–Crippen MR) is 64.1 cm³/mol. The topological polar surface area (TPSA) is 38.7 Å². The second-order valence-electron chi connectivity index (χ2n) is 5.25. The van der Waals surface area contributed by atoms with Gasteiger partial charge in [-0.05, 0) is 32.1 Å². The lowest BCUT2D eigenvalue weighted by atomic mass is 9.89. The Morgan fingerprint density at radius 1 is 1.50 bits per heavy atom. The van der Waals surface area contributed by atoms with Crippen molar-refractivity contribution >= 4 is 0 Å². The molecule has 4 atom stereocenters.